The van der Waals surface area contributed by atoms with Crippen molar-refractivity contribution in [3.05, 3.63) is 35.9 Å². The summed E-state index contributed by atoms with van der Waals surface area (Å²) in [5, 5.41) is 0.116. The highest BCUT2D eigenvalue weighted by molar-refractivity contribution is 6.74. The summed E-state index contributed by atoms with van der Waals surface area (Å²) < 4.78 is 12.0. The number of hydrogen-bond acceptors (Lipinski definition) is 4. The molecular weight excluding hydrogens is 358 g/mol. The van der Waals surface area contributed by atoms with Crippen molar-refractivity contribution in [3.8, 4) is 0 Å². The lowest BCUT2D eigenvalue weighted by atomic mass is 9.98. The van der Waals surface area contributed by atoms with Gasteiger partial charge in [0.05, 0.1) is 6.10 Å². The predicted molar refractivity (Wildman–Crippen MR) is 109 cm³/mol. The maximum atomic E-state index is 12.7. The van der Waals surface area contributed by atoms with E-state index in [0.717, 1.165) is 24.7 Å². The zero-order valence-corrected chi connectivity index (χ0v) is 18.2. The minimum atomic E-state index is -1.92. The fraction of sp³-hybridized carbons (Fsp3) is 0.619. The van der Waals surface area contributed by atoms with E-state index in [1.165, 1.54) is 0 Å². The average molecular weight is 392 g/mol. The van der Waals surface area contributed by atoms with Crippen LogP contribution in [0.15, 0.2) is 30.3 Å². The molecule has 0 aromatic heterocycles. The normalized spacial score (nSPS) is 21.0. The van der Waals surface area contributed by atoms with Gasteiger partial charge >= 0.3 is 6.09 Å². The van der Waals surface area contributed by atoms with Crippen molar-refractivity contribution >= 4 is 20.7 Å². The quantitative estimate of drug-likeness (QED) is 0.518. The number of aldehydes is 1. The molecule has 6 heteroatoms. The van der Waals surface area contributed by atoms with Gasteiger partial charge in [-0.05, 0) is 36.5 Å². The average Bonchev–Trinajstić information content (AvgIpc) is 2.61. The molecule has 0 radical (unpaired) electrons. The first-order valence-electron chi connectivity index (χ1n) is 9.73. The van der Waals surface area contributed by atoms with Crippen molar-refractivity contribution in [2.45, 2.75) is 76.9 Å². The lowest BCUT2D eigenvalue weighted by Crippen LogP contribution is -2.53. The van der Waals surface area contributed by atoms with E-state index < -0.39 is 8.32 Å². The first kappa shape index (κ1) is 21.6. The van der Waals surface area contributed by atoms with E-state index in [9.17, 15) is 9.59 Å². The summed E-state index contributed by atoms with van der Waals surface area (Å²) in [5.74, 6) is 0. The third-order valence-corrected chi connectivity index (χ3v) is 10.3. The van der Waals surface area contributed by atoms with Gasteiger partial charge in [-0.2, -0.15) is 0 Å². The molecule has 1 fully saturated rings. The highest BCUT2D eigenvalue weighted by Gasteiger charge is 2.41. The van der Waals surface area contributed by atoms with E-state index in [2.05, 4.69) is 33.9 Å². The number of amides is 1. The van der Waals surface area contributed by atoms with Crippen molar-refractivity contribution in [3.63, 3.8) is 0 Å². The molecule has 0 saturated carbocycles. The molecule has 27 heavy (non-hydrogen) atoms. The molecule has 1 heterocycles. The van der Waals surface area contributed by atoms with Crippen LogP contribution < -0.4 is 0 Å². The number of nitrogens with zero attached hydrogens (tertiary/aromatic N) is 1. The molecular formula is C21H33NO4Si. The van der Waals surface area contributed by atoms with Crippen molar-refractivity contribution in [2.24, 2.45) is 0 Å². The maximum absolute atomic E-state index is 12.7. The van der Waals surface area contributed by atoms with Crippen LogP contribution in [0, 0.1) is 0 Å². The van der Waals surface area contributed by atoms with Crippen molar-refractivity contribution in [2.75, 3.05) is 6.54 Å². The summed E-state index contributed by atoms with van der Waals surface area (Å²) in [7, 11) is -1.92. The predicted octanol–water partition coefficient (Wildman–Crippen LogP) is 4.77. The molecule has 1 saturated heterocycles. The van der Waals surface area contributed by atoms with Gasteiger partial charge in [-0.3, -0.25) is 0 Å². The van der Waals surface area contributed by atoms with Crippen LogP contribution in [0.25, 0.3) is 0 Å². The van der Waals surface area contributed by atoms with Crippen molar-refractivity contribution in [1.82, 2.24) is 4.90 Å². The molecule has 5 nitrogen and oxygen atoms in total. The summed E-state index contributed by atoms with van der Waals surface area (Å²) >= 11 is 0. The number of benzene rings is 1. The van der Waals surface area contributed by atoms with Gasteiger partial charge in [-0.1, -0.05) is 51.1 Å². The van der Waals surface area contributed by atoms with Gasteiger partial charge < -0.3 is 18.9 Å². The second-order valence-electron chi connectivity index (χ2n) is 8.83. The Bertz CT molecular complexity index is 627. The minimum absolute atomic E-state index is 0.00179. The highest BCUT2D eigenvalue weighted by atomic mass is 28.4. The van der Waals surface area contributed by atoms with Gasteiger partial charge in [-0.25, -0.2) is 4.79 Å². The van der Waals surface area contributed by atoms with Crippen LogP contribution in [0.2, 0.25) is 18.1 Å². The monoisotopic (exact) mass is 391 g/mol. The van der Waals surface area contributed by atoms with Crippen LogP contribution in [0.5, 0.6) is 0 Å². The summed E-state index contributed by atoms with van der Waals surface area (Å²) in [6, 6.07) is 9.51. The first-order chi connectivity index (χ1) is 12.6. The molecule has 1 aliphatic rings. The summed E-state index contributed by atoms with van der Waals surface area (Å²) in [4.78, 5) is 25.5. The van der Waals surface area contributed by atoms with Gasteiger partial charge in [0, 0.05) is 19.0 Å². The Morgan fingerprint density at radius 2 is 1.89 bits per heavy atom. The summed E-state index contributed by atoms with van der Waals surface area (Å²) in [6.07, 6.45) is 2.49. The van der Waals surface area contributed by atoms with Crippen LogP contribution in [-0.4, -0.2) is 44.3 Å². The van der Waals surface area contributed by atoms with Gasteiger partial charge in [0.15, 0.2) is 8.32 Å². The van der Waals surface area contributed by atoms with Gasteiger partial charge in [-0.15, -0.1) is 0 Å². The molecule has 0 spiro atoms. The van der Waals surface area contributed by atoms with E-state index in [1.54, 1.807) is 4.90 Å². The standard InChI is InChI=1S/C21H33NO4Si/c1-21(2,3)27(4,5)26-19-12-11-18(13-14-23)22(15-19)20(24)25-16-17-9-7-6-8-10-17/h6-10,14,18-19H,11-13,15-16H2,1-5H3. The zero-order valence-electron chi connectivity index (χ0n) is 17.2. The SMILES string of the molecule is CC(C)(C)[Si](C)(C)OC1CCC(CC=O)N(C(=O)OCc2ccccc2)C1. The van der Waals surface area contributed by atoms with Gasteiger partial charge in [0.1, 0.15) is 12.9 Å². The molecule has 150 valence electrons. The summed E-state index contributed by atoms with van der Waals surface area (Å²) in [6.45, 7) is 11.8. The van der Waals surface area contributed by atoms with Crippen LogP contribution in [0.4, 0.5) is 4.79 Å². The molecule has 0 bridgehead atoms. The Labute approximate surface area is 164 Å². The van der Waals surface area contributed by atoms with E-state index in [-0.39, 0.29) is 29.9 Å². The van der Waals surface area contributed by atoms with Crippen molar-refractivity contribution < 1.29 is 18.8 Å². The van der Waals surface area contributed by atoms with Crippen LogP contribution >= 0.6 is 0 Å². The Balaban J connectivity index is 2.03. The van der Waals surface area contributed by atoms with Crippen molar-refractivity contribution in [1.29, 1.82) is 0 Å². The van der Waals surface area contributed by atoms with E-state index in [0.29, 0.717) is 13.0 Å². The second kappa shape index (κ2) is 9.02. The topological polar surface area (TPSA) is 55.8 Å². The molecule has 2 rings (SSSR count). The van der Waals surface area contributed by atoms with E-state index in [4.69, 9.17) is 9.16 Å². The number of carbonyl (C=O) groups excluding carboxylic acids is 2. The zero-order chi connectivity index (χ0) is 20.1. The third kappa shape index (κ3) is 5.91. The minimum Gasteiger partial charge on any atom is -0.445 e. The number of carbonyl (C=O) groups is 2. The fourth-order valence-electron chi connectivity index (χ4n) is 3.07. The number of piperidine rings is 1. The Morgan fingerprint density at radius 3 is 2.48 bits per heavy atom. The molecule has 1 aromatic rings. The van der Waals surface area contributed by atoms with E-state index in [1.807, 2.05) is 30.3 Å². The summed E-state index contributed by atoms with van der Waals surface area (Å²) in [5.41, 5.74) is 0.948. The smallest absolute Gasteiger partial charge is 0.410 e. The largest absolute Gasteiger partial charge is 0.445 e. The number of rotatable bonds is 6. The second-order valence-corrected chi connectivity index (χ2v) is 13.6. The molecule has 1 aliphatic heterocycles. The first-order valence-corrected chi connectivity index (χ1v) is 12.6. The Kier molecular flexibility index (Phi) is 7.23. The highest BCUT2D eigenvalue weighted by Crippen LogP contribution is 2.38. The fourth-order valence-corrected chi connectivity index (χ4v) is 4.44. The Hall–Kier alpha value is -1.66. The van der Waals surface area contributed by atoms with Crippen LogP contribution in [-0.2, 0) is 20.6 Å². The lowest BCUT2D eigenvalue weighted by Gasteiger charge is -2.44. The maximum Gasteiger partial charge on any atom is 0.410 e. The number of ether oxygens (including phenoxy) is 1. The Morgan fingerprint density at radius 1 is 1.22 bits per heavy atom. The molecule has 1 aromatic carbocycles. The number of hydrogen-bond donors (Lipinski definition) is 0. The van der Waals surface area contributed by atoms with Crippen LogP contribution in [0.3, 0.4) is 0 Å². The number of likely N-dealkylation sites (tertiary alicyclic amines) is 1. The van der Waals surface area contributed by atoms with E-state index >= 15 is 0 Å². The van der Waals surface area contributed by atoms with Gasteiger partial charge in [0.25, 0.3) is 0 Å². The lowest BCUT2D eigenvalue weighted by molar-refractivity contribution is -0.109. The molecule has 2 atom stereocenters. The molecule has 0 aliphatic carbocycles. The van der Waals surface area contributed by atoms with Crippen LogP contribution in [0.1, 0.15) is 45.6 Å². The molecule has 1 amide bonds. The third-order valence-electron chi connectivity index (χ3n) is 5.74. The molecule has 0 N–H and O–H groups in total. The van der Waals surface area contributed by atoms with Gasteiger partial charge in [0.2, 0.25) is 0 Å². The molecule has 2 unspecified atom stereocenters.